The van der Waals surface area contributed by atoms with Gasteiger partial charge in [-0.25, -0.2) is 0 Å². The number of amides is 1. The van der Waals surface area contributed by atoms with Gasteiger partial charge in [-0.3, -0.25) is 9.59 Å². The van der Waals surface area contributed by atoms with Crippen molar-refractivity contribution in [3.05, 3.63) is 53.6 Å². The molecule has 1 amide bonds. The van der Waals surface area contributed by atoms with Crippen LogP contribution < -0.4 is 14.8 Å². The predicted octanol–water partition coefficient (Wildman–Crippen LogP) is 2.69. The van der Waals surface area contributed by atoms with Gasteiger partial charge in [0.05, 0.1) is 25.9 Å². The zero-order valence-corrected chi connectivity index (χ0v) is 15.2. The van der Waals surface area contributed by atoms with Gasteiger partial charge in [0.1, 0.15) is 11.5 Å². The third-order valence-corrected chi connectivity index (χ3v) is 3.69. The molecule has 140 valence electrons. The summed E-state index contributed by atoms with van der Waals surface area (Å²) in [6.07, 6.45) is 0.560. The second-order valence-corrected chi connectivity index (χ2v) is 5.62. The summed E-state index contributed by atoms with van der Waals surface area (Å²) in [5.41, 5.74) is 1.89. The number of ether oxygens (including phenoxy) is 3. The summed E-state index contributed by atoms with van der Waals surface area (Å²) in [6, 6.07) is 13.7. The molecule has 0 aliphatic heterocycles. The fourth-order valence-corrected chi connectivity index (χ4v) is 2.30. The molecule has 0 aliphatic rings. The highest BCUT2D eigenvalue weighted by Gasteiger charge is 2.10. The molecule has 0 saturated heterocycles. The topological polar surface area (TPSA) is 97.6 Å². The van der Waals surface area contributed by atoms with E-state index in [1.807, 2.05) is 18.2 Å². The van der Waals surface area contributed by atoms with Crippen LogP contribution >= 0.6 is 0 Å². The molecule has 2 aromatic rings. The summed E-state index contributed by atoms with van der Waals surface area (Å²) in [7, 11) is 3.11. The molecule has 2 rings (SSSR count). The third-order valence-electron chi connectivity index (χ3n) is 3.69. The number of benzene rings is 2. The van der Waals surface area contributed by atoms with Crippen molar-refractivity contribution in [1.29, 1.82) is 5.26 Å². The van der Waals surface area contributed by atoms with E-state index in [2.05, 4.69) is 5.32 Å². The standard InChI is InChI=1S/C20H20N2O5/c1-25-17-9-15(10-18(11-17)26-2)5-8-20(24)27-13-19(23)22-16-6-3-14(12-21)4-7-16/h3-4,6-7,9-11H,5,8,13H2,1-2H3,(H,22,23). The number of hydrogen-bond donors (Lipinski definition) is 1. The van der Waals surface area contributed by atoms with Gasteiger partial charge in [0.15, 0.2) is 6.61 Å². The zero-order valence-electron chi connectivity index (χ0n) is 15.2. The van der Waals surface area contributed by atoms with E-state index in [0.717, 1.165) is 5.56 Å². The molecule has 0 aliphatic carbocycles. The smallest absolute Gasteiger partial charge is 0.306 e. The van der Waals surface area contributed by atoms with Crippen LogP contribution in [0.1, 0.15) is 17.5 Å². The number of nitrogens with one attached hydrogen (secondary N) is 1. The Morgan fingerprint density at radius 2 is 1.67 bits per heavy atom. The van der Waals surface area contributed by atoms with Crippen molar-refractivity contribution in [2.24, 2.45) is 0 Å². The fraction of sp³-hybridized carbons (Fsp3) is 0.250. The Kier molecular flexibility index (Phi) is 7.20. The lowest BCUT2D eigenvalue weighted by atomic mass is 10.1. The Bertz CT molecular complexity index is 818. The van der Waals surface area contributed by atoms with Gasteiger partial charge >= 0.3 is 5.97 Å². The van der Waals surface area contributed by atoms with Crippen LogP contribution in [0, 0.1) is 11.3 Å². The molecule has 0 atom stereocenters. The molecule has 0 radical (unpaired) electrons. The first-order valence-electron chi connectivity index (χ1n) is 8.21. The Labute approximate surface area is 157 Å². The SMILES string of the molecule is COc1cc(CCC(=O)OCC(=O)Nc2ccc(C#N)cc2)cc(OC)c1. The van der Waals surface area contributed by atoms with Crippen LogP contribution in [-0.4, -0.2) is 32.7 Å². The summed E-state index contributed by atoms with van der Waals surface area (Å²) < 4.78 is 15.4. The highest BCUT2D eigenvalue weighted by atomic mass is 16.5. The minimum Gasteiger partial charge on any atom is -0.497 e. The molecule has 0 aromatic heterocycles. The predicted molar refractivity (Wildman–Crippen MR) is 98.6 cm³/mol. The molecule has 2 aromatic carbocycles. The molecule has 0 spiro atoms. The number of anilines is 1. The molecule has 7 heteroatoms. The second kappa shape index (κ2) is 9.82. The number of nitriles is 1. The lowest BCUT2D eigenvalue weighted by Gasteiger charge is -2.09. The third kappa shape index (κ3) is 6.36. The van der Waals surface area contributed by atoms with Crippen LogP contribution in [0.4, 0.5) is 5.69 Å². The first-order chi connectivity index (χ1) is 13.0. The Balaban J connectivity index is 1.78. The molecule has 0 fully saturated rings. The second-order valence-electron chi connectivity index (χ2n) is 5.62. The first kappa shape index (κ1) is 19.8. The van der Waals surface area contributed by atoms with Crippen LogP contribution in [0.5, 0.6) is 11.5 Å². The van der Waals surface area contributed by atoms with E-state index >= 15 is 0 Å². The van der Waals surface area contributed by atoms with E-state index in [9.17, 15) is 9.59 Å². The lowest BCUT2D eigenvalue weighted by Crippen LogP contribution is -2.21. The number of aryl methyl sites for hydroxylation is 1. The monoisotopic (exact) mass is 368 g/mol. The van der Waals surface area contributed by atoms with Gasteiger partial charge in [-0.2, -0.15) is 5.26 Å². The summed E-state index contributed by atoms with van der Waals surface area (Å²) >= 11 is 0. The molecule has 0 unspecified atom stereocenters. The highest BCUT2D eigenvalue weighted by molar-refractivity contribution is 5.92. The minimum atomic E-state index is -0.480. The van der Waals surface area contributed by atoms with Crippen molar-refractivity contribution in [1.82, 2.24) is 0 Å². The number of carbonyl (C=O) groups is 2. The number of carbonyl (C=O) groups excluding carboxylic acids is 2. The first-order valence-corrected chi connectivity index (χ1v) is 8.21. The van der Waals surface area contributed by atoms with Gasteiger partial charge in [0.25, 0.3) is 5.91 Å². The molecule has 27 heavy (non-hydrogen) atoms. The van der Waals surface area contributed by atoms with Gasteiger partial charge < -0.3 is 19.5 Å². The van der Waals surface area contributed by atoms with Gasteiger partial charge in [0.2, 0.25) is 0 Å². The van der Waals surface area contributed by atoms with E-state index in [0.29, 0.717) is 29.2 Å². The van der Waals surface area contributed by atoms with Crippen LogP contribution in [0.3, 0.4) is 0 Å². The minimum absolute atomic E-state index is 0.125. The van der Waals surface area contributed by atoms with Crippen molar-refractivity contribution >= 4 is 17.6 Å². The molecular formula is C20H20N2O5. The number of hydrogen-bond acceptors (Lipinski definition) is 6. The fourth-order valence-electron chi connectivity index (χ4n) is 2.30. The summed E-state index contributed by atoms with van der Waals surface area (Å²) in [6.45, 7) is -0.375. The van der Waals surface area contributed by atoms with Crippen molar-refractivity contribution in [3.8, 4) is 17.6 Å². The number of rotatable bonds is 8. The Hall–Kier alpha value is -3.53. The molecule has 1 N–H and O–H groups in total. The van der Waals surface area contributed by atoms with Gasteiger partial charge in [0, 0.05) is 18.2 Å². The van der Waals surface area contributed by atoms with Crippen LogP contribution in [-0.2, 0) is 20.7 Å². The maximum atomic E-state index is 11.9. The van der Waals surface area contributed by atoms with E-state index in [4.69, 9.17) is 19.5 Å². The van der Waals surface area contributed by atoms with E-state index in [-0.39, 0.29) is 13.0 Å². The van der Waals surface area contributed by atoms with Crippen molar-refractivity contribution in [2.45, 2.75) is 12.8 Å². The maximum absolute atomic E-state index is 11.9. The van der Waals surface area contributed by atoms with Gasteiger partial charge in [-0.05, 0) is 48.4 Å². The van der Waals surface area contributed by atoms with Gasteiger partial charge in [-0.1, -0.05) is 0 Å². The van der Waals surface area contributed by atoms with Crippen LogP contribution in [0.15, 0.2) is 42.5 Å². The molecule has 7 nitrogen and oxygen atoms in total. The maximum Gasteiger partial charge on any atom is 0.306 e. The Morgan fingerprint density at radius 1 is 1.04 bits per heavy atom. The van der Waals surface area contributed by atoms with Crippen LogP contribution in [0.25, 0.3) is 0 Å². The average Bonchev–Trinajstić information content (AvgIpc) is 2.70. The molecule has 0 saturated carbocycles. The highest BCUT2D eigenvalue weighted by Crippen LogP contribution is 2.23. The van der Waals surface area contributed by atoms with Gasteiger partial charge in [-0.15, -0.1) is 0 Å². The lowest BCUT2D eigenvalue weighted by molar-refractivity contribution is -0.147. The molecule has 0 bridgehead atoms. The average molecular weight is 368 g/mol. The van der Waals surface area contributed by atoms with E-state index in [1.54, 1.807) is 44.6 Å². The van der Waals surface area contributed by atoms with Crippen molar-refractivity contribution < 1.29 is 23.8 Å². The molecular weight excluding hydrogens is 348 g/mol. The summed E-state index contributed by atoms with van der Waals surface area (Å²) in [4.78, 5) is 23.7. The summed E-state index contributed by atoms with van der Waals surface area (Å²) in [5, 5.41) is 11.3. The van der Waals surface area contributed by atoms with E-state index < -0.39 is 11.9 Å². The van der Waals surface area contributed by atoms with Crippen LogP contribution in [0.2, 0.25) is 0 Å². The largest absolute Gasteiger partial charge is 0.497 e. The number of esters is 1. The van der Waals surface area contributed by atoms with E-state index in [1.165, 1.54) is 0 Å². The summed E-state index contributed by atoms with van der Waals surface area (Å²) in [5.74, 6) is 0.349. The quantitative estimate of drug-likeness (QED) is 0.720. The zero-order chi connectivity index (χ0) is 19.6. The van der Waals surface area contributed by atoms with Crippen molar-refractivity contribution in [2.75, 3.05) is 26.1 Å². The number of methoxy groups -OCH3 is 2. The number of nitrogens with zero attached hydrogens (tertiary/aromatic N) is 1. The van der Waals surface area contributed by atoms with Crippen molar-refractivity contribution in [3.63, 3.8) is 0 Å². The Morgan fingerprint density at radius 3 is 2.22 bits per heavy atom. The normalized spacial score (nSPS) is 9.81. The molecule has 0 heterocycles.